The van der Waals surface area contributed by atoms with Gasteiger partial charge < -0.3 is 9.47 Å². The van der Waals surface area contributed by atoms with Crippen LogP contribution in [0.25, 0.3) is 0 Å². The molecule has 2 aromatic rings. The number of esters is 1. The highest BCUT2D eigenvalue weighted by molar-refractivity contribution is 5.91. The predicted molar refractivity (Wildman–Crippen MR) is 92.1 cm³/mol. The van der Waals surface area contributed by atoms with Crippen molar-refractivity contribution < 1.29 is 14.3 Å². The average Bonchev–Trinajstić information content (AvgIpc) is 2.57. The molecule has 0 saturated carbocycles. The zero-order valence-corrected chi connectivity index (χ0v) is 13.5. The Morgan fingerprint density at radius 3 is 2.30 bits per heavy atom. The molecule has 0 aromatic heterocycles. The summed E-state index contributed by atoms with van der Waals surface area (Å²) in [4.78, 5) is 12.1. The molecule has 0 N–H and O–H groups in total. The van der Waals surface area contributed by atoms with E-state index in [0.29, 0.717) is 17.9 Å². The zero-order chi connectivity index (χ0) is 16.5. The van der Waals surface area contributed by atoms with Crippen LogP contribution in [-0.2, 0) is 6.42 Å². The molecule has 0 aliphatic heterocycles. The highest BCUT2D eigenvalue weighted by Gasteiger charge is 2.08. The van der Waals surface area contributed by atoms with Gasteiger partial charge in [-0.1, -0.05) is 31.6 Å². The summed E-state index contributed by atoms with van der Waals surface area (Å²) in [7, 11) is 0. The fourth-order valence-electron chi connectivity index (χ4n) is 2.05. The number of ether oxygens (including phenoxy) is 2. The van der Waals surface area contributed by atoms with Crippen LogP contribution in [0.3, 0.4) is 0 Å². The Bertz CT molecular complexity index is 627. The number of unbranched alkanes of at least 4 members (excludes halogenated alkanes) is 1. The number of carbonyl (C=O) groups is 1. The lowest BCUT2D eigenvalue weighted by Gasteiger charge is -2.07. The molecule has 0 saturated heterocycles. The first kappa shape index (κ1) is 16.8. The lowest BCUT2D eigenvalue weighted by Crippen LogP contribution is -2.08. The van der Waals surface area contributed by atoms with E-state index in [4.69, 9.17) is 9.47 Å². The van der Waals surface area contributed by atoms with Crippen molar-refractivity contribution in [3.8, 4) is 11.5 Å². The van der Waals surface area contributed by atoms with Crippen LogP contribution in [0.4, 0.5) is 0 Å². The Morgan fingerprint density at radius 2 is 1.70 bits per heavy atom. The van der Waals surface area contributed by atoms with Crippen molar-refractivity contribution in [3.63, 3.8) is 0 Å². The maximum atomic E-state index is 12.1. The van der Waals surface area contributed by atoms with Gasteiger partial charge in [-0.2, -0.15) is 0 Å². The molecule has 0 radical (unpaired) electrons. The summed E-state index contributed by atoms with van der Waals surface area (Å²) in [5.74, 6) is 0.926. The molecule has 2 rings (SSSR count). The van der Waals surface area contributed by atoms with Gasteiger partial charge >= 0.3 is 5.97 Å². The maximum Gasteiger partial charge on any atom is 0.343 e. The van der Waals surface area contributed by atoms with Gasteiger partial charge in [0.25, 0.3) is 0 Å². The first-order chi connectivity index (χ1) is 11.2. The van der Waals surface area contributed by atoms with Gasteiger partial charge in [-0.25, -0.2) is 4.79 Å². The number of benzene rings is 2. The molecule has 23 heavy (non-hydrogen) atoms. The molecule has 0 atom stereocenters. The highest BCUT2D eigenvalue weighted by atomic mass is 16.5. The quantitative estimate of drug-likeness (QED) is 0.304. The summed E-state index contributed by atoms with van der Waals surface area (Å²) in [5.41, 5.74) is 1.64. The standard InChI is InChI=1S/C20H22O3/c1-3-5-15-22-18-11-13-19(14-12-18)23-20(21)17-9-7-16(6-4-2)8-10-17/h4,7-14H,2-3,5-6,15H2,1H3. The summed E-state index contributed by atoms with van der Waals surface area (Å²) < 4.78 is 10.9. The predicted octanol–water partition coefficient (Wildman–Crippen LogP) is 4.81. The van der Waals surface area contributed by atoms with Crippen LogP contribution in [0, 0.1) is 0 Å². The number of allylic oxidation sites excluding steroid dienone is 1. The molecule has 0 fully saturated rings. The molecule has 0 amide bonds. The molecule has 0 aliphatic rings. The van der Waals surface area contributed by atoms with E-state index >= 15 is 0 Å². The number of rotatable bonds is 8. The van der Waals surface area contributed by atoms with Crippen LogP contribution in [0.2, 0.25) is 0 Å². The molecule has 0 bridgehead atoms. The van der Waals surface area contributed by atoms with Crippen LogP contribution < -0.4 is 9.47 Å². The second-order valence-electron chi connectivity index (χ2n) is 5.25. The normalized spacial score (nSPS) is 10.1. The molecule has 0 unspecified atom stereocenters. The van der Waals surface area contributed by atoms with E-state index in [1.807, 2.05) is 30.3 Å². The second kappa shape index (κ2) is 8.79. The van der Waals surface area contributed by atoms with Crippen LogP contribution >= 0.6 is 0 Å². The Labute approximate surface area is 137 Å². The van der Waals surface area contributed by atoms with Crippen molar-refractivity contribution in [2.75, 3.05) is 6.61 Å². The summed E-state index contributed by atoms with van der Waals surface area (Å²) in [6, 6.07) is 14.5. The van der Waals surface area contributed by atoms with Crippen LogP contribution in [-0.4, -0.2) is 12.6 Å². The summed E-state index contributed by atoms with van der Waals surface area (Å²) in [5, 5.41) is 0. The van der Waals surface area contributed by atoms with Gasteiger partial charge in [0.05, 0.1) is 12.2 Å². The fourth-order valence-corrected chi connectivity index (χ4v) is 2.05. The largest absolute Gasteiger partial charge is 0.494 e. The monoisotopic (exact) mass is 310 g/mol. The molecule has 0 aliphatic carbocycles. The second-order valence-corrected chi connectivity index (χ2v) is 5.25. The van der Waals surface area contributed by atoms with E-state index in [1.165, 1.54) is 0 Å². The van der Waals surface area contributed by atoms with Gasteiger partial charge in [0, 0.05) is 0 Å². The third kappa shape index (κ3) is 5.29. The van der Waals surface area contributed by atoms with Gasteiger partial charge in [0.15, 0.2) is 0 Å². The molecule has 0 spiro atoms. The maximum absolute atomic E-state index is 12.1. The van der Waals surface area contributed by atoms with Crippen molar-refractivity contribution in [1.29, 1.82) is 0 Å². The molecule has 0 heterocycles. The van der Waals surface area contributed by atoms with Gasteiger partial charge in [0.2, 0.25) is 0 Å². The minimum atomic E-state index is -0.366. The average molecular weight is 310 g/mol. The third-order valence-electron chi connectivity index (χ3n) is 3.37. The van der Waals surface area contributed by atoms with E-state index in [-0.39, 0.29) is 5.97 Å². The van der Waals surface area contributed by atoms with Gasteiger partial charge in [-0.15, -0.1) is 6.58 Å². The van der Waals surface area contributed by atoms with E-state index in [2.05, 4.69) is 13.5 Å². The van der Waals surface area contributed by atoms with Gasteiger partial charge in [0.1, 0.15) is 11.5 Å². The smallest absolute Gasteiger partial charge is 0.343 e. The third-order valence-corrected chi connectivity index (χ3v) is 3.37. The van der Waals surface area contributed by atoms with Crippen molar-refractivity contribution in [3.05, 3.63) is 72.3 Å². The minimum Gasteiger partial charge on any atom is -0.494 e. The van der Waals surface area contributed by atoms with E-state index in [9.17, 15) is 4.79 Å². The SMILES string of the molecule is C=CCc1ccc(C(=O)Oc2ccc(OCCCC)cc2)cc1. The van der Waals surface area contributed by atoms with Gasteiger partial charge in [-0.3, -0.25) is 0 Å². The highest BCUT2D eigenvalue weighted by Crippen LogP contribution is 2.19. The first-order valence-corrected chi connectivity index (χ1v) is 7.88. The summed E-state index contributed by atoms with van der Waals surface area (Å²) in [6.45, 7) is 6.52. The lowest BCUT2D eigenvalue weighted by molar-refractivity contribution is 0.0734. The lowest BCUT2D eigenvalue weighted by atomic mass is 10.1. The van der Waals surface area contributed by atoms with Crippen LogP contribution in [0.1, 0.15) is 35.7 Å². The number of carbonyl (C=O) groups excluding carboxylic acids is 1. The molecule has 120 valence electrons. The van der Waals surface area contributed by atoms with Crippen LogP contribution in [0.15, 0.2) is 61.2 Å². The number of hydrogen-bond acceptors (Lipinski definition) is 3. The Balaban J connectivity index is 1.92. The Hall–Kier alpha value is -2.55. The molecular formula is C20H22O3. The topological polar surface area (TPSA) is 35.5 Å². The fraction of sp³-hybridized carbons (Fsp3) is 0.250. The van der Waals surface area contributed by atoms with Crippen molar-refractivity contribution in [2.45, 2.75) is 26.2 Å². The molecule has 3 heteroatoms. The summed E-state index contributed by atoms with van der Waals surface area (Å²) >= 11 is 0. The summed E-state index contributed by atoms with van der Waals surface area (Å²) in [6.07, 6.45) is 4.74. The Morgan fingerprint density at radius 1 is 1.04 bits per heavy atom. The van der Waals surface area contributed by atoms with Crippen molar-refractivity contribution in [1.82, 2.24) is 0 Å². The zero-order valence-electron chi connectivity index (χ0n) is 13.5. The molecule has 2 aromatic carbocycles. The Kier molecular flexibility index (Phi) is 6.42. The van der Waals surface area contributed by atoms with Crippen molar-refractivity contribution >= 4 is 5.97 Å². The van der Waals surface area contributed by atoms with E-state index in [0.717, 1.165) is 30.6 Å². The van der Waals surface area contributed by atoms with E-state index in [1.54, 1.807) is 24.3 Å². The van der Waals surface area contributed by atoms with E-state index < -0.39 is 0 Å². The molecular weight excluding hydrogens is 288 g/mol. The minimum absolute atomic E-state index is 0.366. The molecule has 3 nitrogen and oxygen atoms in total. The van der Waals surface area contributed by atoms with Crippen LogP contribution in [0.5, 0.6) is 11.5 Å². The van der Waals surface area contributed by atoms with Gasteiger partial charge in [-0.05, 0) is 54.8 Å². The first-order valence-electron chi connectivity index (χ1n) is 7.88. The number of hydrogen-bond donors (Lipinski definition) is 0. The van der Waals surface area contributed by atoms with Crippen molar-refractivity contribution in [2.24, 2.45) is 0 Å².